The van der Waals surface area contributed by atoms with E-state index in [1.54, 1.807) is 12.1 Å². The molecule has 0 saturated heterocycles. The molecule has 1 aliphatic carbocycles. The van der Waals surface area contributed by atoms with E-state index >= 15 is 0 Å². The third-order valence-corrected chi connectivity index (χ3v) is 2.85. The van der Waals surface area contributed by atoms with Crippen molar-refractivity contribution in [3.63, 3.8) is 0 Å². The number of fused-ring (bicyclic) bond motifs is 1. The molecule has 0 radical (unpaired) electrons. The highest BCUT2D eigenvalue weighted by Crippen LogP contribution is 2.40. The van der Waals surface area contributed by atoms with E-state index in [1.807, 2.05) is 0 Å². The Balaban J connectivity index is 2.69. The van der Waals surface area contributed by atoms with Crippen molar-refractivity contribution in [3.8, 4) is 0 Å². The molecule has 2 rings (SSSR count). The lowest BCUT2D eigenvalue weighted by atomic mass is 10.0. The fourth-order valence-corrected chi connectivity index (χ4v) is 2.17. The molecule has 0 unspecified atom stereocenters. The standard InChI is InChI=1S/C10H6BrF3/c11-8-5-4-6-2-1-3-7(6)9(8)10(12,13)14/h1,3-5H,2H2. The largest absolute Gasteiger partial charge is 0.418 e. The van der Waals surface area contributed by atoms with Gasteiger partial charge in [-0.3, -0.25) is 0 Å². The van der Waals surface area contributed by atoms with E-state index in [-0.39, 0.29) is 4.47 Å². The van der Waals surface area contributed by atoms with Crippen molar-refractivity contribution in [2.75, 3.05) is 0 Å². The zero-order chi connectivity index (χ0) is 10.3. The average molecular weight is 263 g/mol. The average Bonchev–Trinajstić information content (AvgIpc) is 2.48. The van der Waals surface area contributed by atoms with Crippen LogP contribution in [0.25, 0.3) is 6.08 Å². The lowest BCUT2D eigenvalue weighted by molar-refractivity contribution is -0.138. The van der Waals surface area contributed by atoms with Crippen LogP contribution in [0.15, 0.2) is 22.7 Å². The van der Waals surface area contributed by atoms with Crippen LogP contribution in [0.3, 0.4) is 0 Å². The SMILES string of the molecule is FC(F)(F)c1c(Br)ccc2c1C=CC2. The van der Waals surface area contributed by atoms with Crippen molar-refractivity contribution in [1.29, 1.82) is 0 Å². The monoisotopic (exact) mass is 262 g/mol. The highest BCUT2D eigenvalue weighted by Gasteiger charge is 2.36. The Hall–Kier alpha value is -0.770. The first kappa shape index (κ1) is 9.77. The van der Waals surface area contributed by atoms with Gasteiger partial charge in [0.25, 0.3) is 0 Å². The van der Waals surface area contributed by atoms with Crippen molar-refractivity contribution in [1.82, 2.24) is 0 Å². The molecule has 14 heavy (non-hydrogen) atoms. The Kier molecular flexibility index (Phi) is 2.18. The highest BCUT2D eigenvalue weighted by molar-refractivity contribution is 9.10. The van der Waals surface area contributed by atoms with Crippen LogP contribution in [-0.2, 0) is 12.6 Å². The molecule has 1 aliphatic rings. The molecule has 0 heterocycles. The summed E-state index contributed by atoms with van der Waals surface area (Å²) in [6.07, 6.45) is -0.431. The van der Waals surface area contributed by atoms with Crippen LogP contribution in [0, 0.1) is 0 Å². The number of allylic oxidation sites excluding steroid dienone is 1. The van der Waals surface area contributed by atoms with Crippen LogP contribution >= 0.6 is 15.9 Å². The van der Waals surface area contributed by atoms with Gasteiger partial charge in [-0.25, -0.2) is 0 Å². The van der Waals surface area contributed by atoms with E-state index in [0.29, 0.717) is 12.0 Å². The smallest absolute Gasteiger partial charge is 0.166 e. The lowest BCUT2D eigenvalue weighted by Gasteiger charge is -2.13. The van der Waals surface area contributed by atoms with Crippen molar-refractivity contribution >= 4 is 22.0 Å². The van der Waals surface area contributed by atoms with E-state index in [0.717, 1.165) is 5.56 Å². The maximum atomic E-state index is 12.6. The Bertz CT molecular complexity index is 405. The van der Waals surface area contributed by atoms with E-state index in [2.05, 4.69) is 15.9 Å². The molecular formula is C10H6BrF3. The zero-order valence-corrected chi connectivity index (χ0v) is 8.61. The fraction of sp³-hybridized carbons (Fsp3) is 0.200. The van der Waals surface area contributed by atoms with Crippen LogP contribution in [0.5, 0.6) is 0 Å². The number of alkyl halides is 3. The van der Waals surface area contributed by atoms with Crippen LogP contribution in [0.2, 0.25) is 0 Å². The van der Waals surface area contributed by atoms with Gasteiger partial charge in [0.05, 0.1) is 5.56 Å². The Labute approximate surface area is 87.6 Å². The first-order valence-electron chi connectivity index (χ1n) is 4.05. The lowest BCUT2D eigenvalue weighted by Crippen LogP contribution is -2.09. The quantitative estimate of drug-likeness (QED) is 0.662. The number of hydrogen-bond acceptors (Lipinski definition) is 0. The molecule has 0 N–H and O–H groups in total. The van der Waals surface area contributed by atoms with Crippen LogP contribution in [0.1, 0.15) is 16.7 Å². The molecule has 0 atom stereocenters. The zero-order valence-electron chi connectivity index (χ0n) is 7.03. The second-order valence-corrected chi connectivity index (χ2v) is 3.95. The van der Waals surface area contributed by atoms with Crippen molar-refractivity contribution in [3.05, 3.63) is 39.4 Å². The Morgan fingerprint density at radius 2 is 1.93 bits per heavy atom. The van der Waals surface area contributed by atoms with E-state index in [4.69, 9.17) is 0 Å². The summed E-state index contributed by atoms with van der Waals surface area (Å²) in [5.41, 5.74) is 0.469. The molecule has 1 aromatic rings. The van der Waals surface area contributed by atoms with Crippen molar-refractivity contribution in [2.45, 2.75) is 12.6 Å². The first-order valence-corrected chi connectivity index (χ1v) is 4.84. The second kappa shape index (κ2) is 3.12. The minimum atomic E-state index is -4.29. The molecule has 1 aromatic carbocycles. The molecule has 4 heteroatoms. The number of benzene rings is 1. The van der Waals surface area contributed by atoms with E-state index < -0.39 is 11.7 Å². The molecule has 0 amide bonds. The van der Waals surface area contributed by atoms with Crippen molar-refractivity contribution in [2.24, 2.45) is 0 Å². The molecule has 74 valence electrons. The predicted molar refractivity (Wildman–Crippen MR) is 51.9 cm³/mol. The Morgan fingerprint density at radius 1 is 1.21 bits per heavy atom. The summed E-state index contributed by atoms with van der Waals surface area (Å²) in [6, 6.07) is 3.17. The summed E-state index contributed by atoms with van der Waals surface area (Å²) in [4.78, 5) is 0. The van der Waals surface area contributed by atoms with Gasteiger partial charge in [0.2, 0.25) is 0 Å². The van der Waals surface area contributed by atoms with Crippen LogP contribution in [-0.4, -0.2) is 0 Å². The van der Waals surface area contributed by atoms with Gasteiger partial charge >= 0.3 is 6.18 Å². The normalized spacial score (nSPS) is 14.6. The third-order valence-electron chi connectivity index (χ3n) is 2.19. The van der Waals surface area contributed by atoms with Gasteiger partial charge in [-0.1, -0.05) is 34.1 Å². The second-order valence-electron chi connectivity index (χ2n) is 3.10. The van der Waals surface area contributed by atoms with E-state index in [1.165, 1.54) is 12.1 Å². The van der Waals surface area contributed by atoms with Gasteiger partial charge in [0.15, 0.2) is 0 Å². The van der Waals surface area contributed by atoms with Gasteiger partial charge in [0, 0.05) is 4.47 Å². The van der Waals surface area contributed by atoms with Crippen molar-refractivity contribution < 1.29 is 13.2 Å². The topological polar surface area (TPSA) is 0 Å². The number of rotatable bonds is 0. The van der Waals surface area contributed by atoms with Crippen LogP contribution in [0.4, 0.5) is 13.2 Å². The van der Waals surface area contributed by atoms with Gasteiger partial charge in [-0.15, -0.1) is 0 Å². The van der Waals surface area contributed by atoms with Gasteiger partial charge in [-0.05, 0) is 23.6 Å². The Morgan fingerprint density at radius 3 is 2.57 bits per heavy atom. The molecule has 0 aliphatic heterocycles. The summed E-state index contributed by atoms with van der Waals surface area (Å²) in [5.74, 6) is 0. The molecule has 0 spiro atoms. The highest BCUT2D eigenvalue weighted by atomic mass is 79.9. The maximum Gasteiger partial charge on any atom is 0.418 e. The van der Waals surface area contributed by atoms with Gasteiger partial charge < -0.3 is 0 Å². The molecule has 0 nitrogen and oxygen atoms in total. The van der Waals surface area contributed by atoms with Crippen LogP contribution < -0.4 is 0 Å². The summed E-state index contributed by atoms with van der Waals surface area (Å²) in [7, 11) is 0. The first-order chi connectivity index (χ1) is 6.50. The summed E-state index contributed by atoms with van der Waals surface area (Å²) < 4.78 is 38.0. The molecule has 0 aromatic heterocycles. The van der Waals surface area contributed by atoms with Gasteiger partial charge in [0.1, 0.15) is 0 Å². The summed E-state index contributed by atoms with van der Waals surface area (Å²) in [5, 5.41) is 0. The predicted octanol–water partition coefficient (Wildman–Crippen LogP) is 4.04. The molecule has 0 bridgehead atoms. The third kappa shape index (κ3) is 1.47. The summed E-state index contributed by atoms with van der Waals surface area (Å²) >= 11 is 2.93. The minimum absolute atomic E-state index is 0.107. The number of halogens is 4. The van der Waals surface area contributed by atoms with Gasteiger partial charge in [-0.2, -0.15) is 13.2 Å². The fourth-order valence-electron chi connectivity index (χ4n) is 1.60. The molecule has 0 fully saturated rings. The maximum absolute atomic E-state index is 12.6. The summed E-state index contributed by atoms with van der Waals surface area (Å²) in [6.45, 7) is 0. The number of hydrogen-bond donors (Lipinski definition) is 0. The molecular weight excluding hydrogens is 257 g/mol. The molecule has 0 saturated carbocycles. The minimum Gasteiger partial charge on any atom is -0.166 e. The van der Waals surface area contributed by atoms with E-state index in [9.17, 15) is 13.2 Å².